The van der Waals surface area contributed by atoms with Gasteiger partial charge in [-0.25, -0.2) is 14.4 Å². The van der Waals surface area contributed by atoms with Crippen LogP contribution in [0.2, 0.25) is 0 Å². The molecule has 0 aliphatic carbocycles. The van der Waals surface area contributed by atoms with E-state index < -0.39 is 5.82 Å². The summed E-state index contributed by atoms with van der Waals surface area (Å²) in [5.74, 6) is -0.203. The Hall–Kier alpha value is -5.22. The molecule has 2 aromatic carbocycles. The summed E-state index contributed by atoms with van der Waals surface area (Å²) in [5, 5.41) is 14.9. The molecule has 10 heteroatoms. The fourth-order valence-electron chi connectivity index (χ4n) is 4.56. The third kappa shape index (κ3) is 4.12. The number of anilines is 1. The monoisotopic (exact) mass is 531 g/mol. The summed E-state index contributed by atoms with van der Waals surface area (Å²) in [5.41, 5.74) is 6.28. The average Bonchev–Trinajstić information content (AvgIpc) is 3.72. The fourth-order valence-corrected chi connectivity index (χ4v) is 5.22. The highest BCUT2D eigenvalue weighted by Crippen LogP contribution is 2.34. The molecular formula is C29H18FN7OS. The fraction of sp³-hybridized carbons (Fsp3) is 0. The summed E-state index contributed by atoms with van der Waals surface area (Å²) in [6.45, 7) is 0. The number of rotatable bonds is 5. The lowest BCUT2D eigenvalue weighted by atomic mass is 10.0. The van der Waals surface area contributed by atoms with Crippen LogP contribution in [0.3, 0.4) is 0 Å². The molecule has 0 saturated carbocycles. The summed E-state index contributed by atoms with van der Waals surface area (Å²) in [4.78, 5) is 29.3. The number of nitrogens with one attached hydrogen (secondary N) is 3. The number of carbonyl (C=O) groups is 1. The Morgan fingerprint density at radius 1 is 0.974 bits per heavy atom. The van der Waals surface area contributed by atoms with Gasteiger partial charge in [0, 0.05) is 46.1 Å². The first-order valence-corrected chi connectivity index (χ1v) is 13.0. The number of hydrogen-bond donors (Lipinski definition) is 3. The van der Waals surface area contributed by atoms with Gasteiger partial charge in [-0.3, -0.25) is 14.9 Å². The van der Waals surface area contributed by atoms with Crippen molar-refractivity contribution < 1.29 is 9.18 Å². The third-order valence-corrected chi connectivity index (χ3v) is 7.12. The Morgan fingerprint density at radius 2 is 1.87 bits per heavy atom. The Morgan fingerprint density at radius 3 is 2.72 bits per heavy atom. The van der Waals surface area contributed by atoms with Crippen LogP contribution in [-0.4, -0.2) is 36.0 Å². The highest BCUT2D eigenvalue weighted by Gasteiger charge is 2.19. The number of pyridine rings is 2. The van der Waals surface area contributed by atoms with Crippen LogP contribution in [0.1, 0.15) is 10.4 Å². The molecule has 0 spiro atoms. The van der Waals surface area contributed by atoms with Crippen LogP contribution in [0.15, 0.2) is 90.0 Å². The molecule has 5 aromatic heterocycles. The molecule has 0 unspecified atom stereocenters. The van der Waals surface area contributed by atoms with Crippen LogP contribution in [-0.2, 0) is 0 Å². The van der Waals surface area contributed by atoms with Crippen molar-refractivity contribution in [3.05, 3.63) is 101 Å². The van der Waals surface area contributed by atoms with E-state index in [-0.39, 0.29) is 5.91 Å². The van der Waals surface area contributed by atoms with Gasteiger partial charge < -0.3 is 10.3 Å². The minimum atomic E-state index is -0.447. The first-order valence-electron chi connectivity index (χ1n) is 12.0. The second-order valence-corrected chi connectivity index (χ2v) is 9.67. The minimum Gasteiger partial charge on any atom is -0.321 e. The van der Waals surface area contributed by atoms with Crippen molar-refractivity contribution in [1.29, 1.82) is 0 Å². The third-order valence-electron chi connectivity index (χ3n) is 6.43. The van der Waals surface area contributed by atoms with Gasteiger partial charge >= 0.3 is 0 Å². The molecule has 7 rings (SSSR count). The van der Waals surface area contributed by atoms with Crippen LogP contribution in [0.5, 0.6) is 0 Å². The van der Waals surface area contributed by atoms with Crippen molar-refractivity contribution in [3.63, 3.8) is 0 Å². The normalized spacial score (nSPS) is 11.3. The van der Waals surface area contributed by atoms with E-state index >= 15 is 4.39 Å². The van der Waals surface area contributed by atoms with E-state index in [9.17, 15) is 4.79 Å². The Labute approximate surface area is 224 Å². The van der Waals surface area contributed by atoms with E-state index in [0.717, 1.165) is 16.6 Å². The molecule has 5 heterocycles. The van der Waals surface area contributed by atoms with Crippen LogP contribution in [0, 0.1) is 5.82 Å². The summed E-state index contributed by atoms with van der Waals surface area (Å²) in [6, 6.07) is 17.6. The number of fused-ring (bicyclic) bond motifs is 2. The van der Waals surface area contributed by atoms with Gasteiger partial charge in [-0.2, -0.15) is 16.4 Å². The largest absolute Gasteiger partial charge is 0.321 e. The molecule has 0 bridgehead atoms. The van der Waals surface area contributed by atoms with E-state index in [1.165, 1.54) is 12.3 Å². The topological polar surface area (TPSA) is 112 Å². The number of hydrogen-bond acceptors (Lipinski definition) is 6. The molecule has 0 radical (unpaired) electrons. The van der Waals surface area contributed by atoms with Gasteiger partial charge in [0.2, 0.25) is 0 Å². The first-order chi connectivity index (χ1) is 19.1. The number of aromatic amines is 2. The molecule has 8 nitrogen and oxygen atoms in total. The van der Waals surface area contributed by atoms with Crippen LogP contribution in [0.25, 0.3) is 55.8 Å². The van der Waals surface area contributed by atoms with Gasteiger partial charge in [0.25, 0.3) is 5.91 Å². The van der Waals surface area contributed by atoms with Gasteiger partial charge in [0.05, 0.1) is 17.4 Å². The Balaban J connectivity index is 1.28. The number of imidazole rings is 1. The highest BCUT2D eigenvalue weighted by molar-refractivity contribution is 7.08. The van der Waals surface area contributed by atoms with E-state index in [2.05, 4.69) is 35.8 Å². The lowest BCUT2D eigenvalue weighted by Crippen LogP contribution is -2.11. The summed E-state index contributed by atoms with van der Waals surface area (Å²) in [7, 11) is 0. The van der Waals surface area contributed by atoms with Crippen molar-refractivity contribution in [1.82, 2.24) is 30.1 Å². The van der Waals surface area contributed by atoms with Crippen LogP contribution in [0.4, 0.5) is 10.1 Å². The van der Waals surface area contributed by atoms with Crippen LogP contribution < -0.4 is 5.32 Å². The zero-order valence-corrected chi connectivity index (χ0v) is 21.0. The standard InChI is InChI=1S/C29H18FN7OS/c30-23-12-24-22(11-21(23)18-10-19(14-31-13-18)33-29(38)16-4-2-1-3-5-16)26(37-36-24)28-34-25-20(17-7-9-39-15-17)6-8-32-27(25)35-28/h1-15H,(H,33,38)(H,36,37)(H,32,34,35). The lowest BCUT2D eigenvalue weighted by molar-refractivity contribution is 0.102. The van der Waals surface area contributed by atoms with Gasteiger partial charge in [0.15, 0.2) is 11.5 Å². The van der Waals surface area contributed by atoms with Crippen molar-refractivity contribution in [2.45, 2.75) is 0 Å². The SMILES string of the molecule is O=C(Nc1cncc(-c2cc3c(-c4nc5c(-c6ccsc6)ccnc5[nH]4)n[nH]c3cc2F)c1)c1ccccc1. The molecule has 7 aromatic rings. The van der Waals surface area contributed by atoms with E-state index in [1.54, 1.807) is 60.1 Å². The summed E-state index contributed by atoms with van der Waals surface area (Å²) in [6.07, 6.45) is 4.82. The first kappa shape index (κ1) is 22.9. The average molecular weight is 532 g/mol. The number of halogens is 1. The maximum atomic E-state index is 15.3. The quantitative estimate of drug-likeness (QED) is 0.229. The number of amides is 1. The molecule has 188 valence electrons. The number of nitrogens with zero attached hydrogens (tertiary/aromatic N) is 4. The molecule has 39 heavy (non-hydrogen) atoms. The molecule has 3 N–H and O–H groups in total. The predicted octanol–water partition coefficient (Wildman–Crippen LogP) is 6.68. The summed E-state index contributed by atoms with van der Waals surface area (Å²) >= 11 is 1.61. The van der Waals surface area contributed by atoms with Crippen LogP contribution >= 0.6 is 11.3 Å². The number of aromatic nitrogens is 6. The molecule has 0 aliphatic rings. The predicted molar refractivity (Wildman–Crippen MR) is 150 cm³/mol. The molecule has 1 amide bonds. The van der Waals surface area contributed by atoms with E-state index in [1.807, 2.05) is 23.6 Å². The highest BCUT2D eigenvalue weighted by atomic mass is 32.1. The maximum absolute atomic E-state index is 15.3. The smallest absolute Gasteiger partial charge is 0.255 e. The molecule has 0 saturated heterocycles. The zero-order chi connectivity index (χ0) is 26.3. The van der Waals surface area contributed by atoms with Crippen molar-refractivity contribution in [3.8, 4) is 33.8 Å². The summed E-state index contributed by atoms with van der Waals surface area (Å²) < 4.78 is 15.3. The lowest BCUT2D eigenvalue weighted by Gasteiger charge is -2.08. The molecule has 0 fully saturated rings. The van der Waals surface area contributed by atoms with Gasteiger partial charge in [0.1, 0.15) is 17.0 Å². The number of H-pyrrole nitrogens is 2. The zero-order valence-electron chi connectivity index (χ0n) is 20.1. The minimum absolute atomic E-state index is 0.275. The van der Waals surface area contributed by atoms with E-state index in [0.29, 0.717) is 50.4 Å². The second-order valence-electron chi connectivity index (χ2n) is 8.89. The maximum Gasteiger partial charge on any atom is 0.255 e. The Bertz CT molecular complexity index is 1980. The number of benzene rings is 2. The Kier molecular flexibility index (Phi) is 5.45. The van der Waals surface area contributed by atoms with Crippen molar-refractivity contribution >= 4 is 45.0 Å². The van der Waals surface area contributed by atoms with Crippen molar-refractivity contribution in [2.24, 2.45) is 0 Å². The van der Waals surface area contributed by atoms with Gasteiger partial charge in [-0.15, -0.1) is 0 Å². The molecular weight excluding hydrogens is 513 g/mol. The van der Waals surface area contributed by atoms with E-state index in [4.69, 9.17) is 4.98 Å². The second kappa shape index (κ2) is 9.26. The van der Waals surface area contributed by atoms with Gasteiger partial charge in [-0.05, 0) is 52.7 Å². The molecule has 0 aliphatic heterocycles. The number of thiophene rings is 1. The van der Waals surface area contributed by atoms with Gasteiger partial charge in [-0.1, -0.05) is 18.2 Å². The van der Waals surface area contributed by atoms with Crippen molar-refractivity contribution in [2.75, 3.05) is 5.32 Å². The molecule has 0 atom stereocenters. The number of carbonyl (C=O) groups excluding carboxylic acids is 1.